The minimum Gasteiger partial charge on any atom is -0.478 e. The van der Waals surface area contributed by atoms with Crippen molar-refractivity contribution in [2.45, 2.75) is 26.9 Å². The quantitative estimate of drug-likeness (QED) is 0.851. The van der Waals surface area contributed by atoms with Crippen LogP contribution >= 0.6 is 0 Å². The van der Waals surface area contributed by atoms with Crippen LogP contribution in [0, 0.1) is 12.7 Å². The molecule has 0 aliphatic heterocycles. The van der Waals surface area contributed by atoms with Gasteiger partial charge in [-0.1, -0.05) is 12.1 Å². The summed E-state index contributed by atoms with van der Waals surface area (Å²) in [5, 5.41) is 2.61. The molecule has 4 heteroatoms. The van der Waals surface area contributed by atoms with Crippen LogP contribution in [0.3, 0.4) is 0 Å². The molecule has 1 atom stereocenters. The monoisotopic (exact) mass is 225 g/mol. The van der Waals surface area contributed by atoms with E-state index in [1.165, 1.54) is 6.07 Å². The van der Waals surface area contributed by atoms with Crippen LogP contribution in [0.1, 0.15) is 19.4 Å². The second-order valence-corrected chi connectivity index (χ2v) is 3.54. The van der Waals surface area contributed by atoms with Crippen LogP contribution in [0.2, 0.25) is 0 Å². The van der Waals surface area contributed by atoms with Gasteiger partial charge in [-0.15, -0.1) is 0 Å². The fraction of sp³-hybridized carbons (Fsp3) is 0.417. The van der Waals surface area contributed by atoms with Gasteiger partial charge < -0.3 is 10.1 Å². The lowest BCUT2D eigenvalue weighted by Crippen LogP contribution is -2.36. The molecule has 1 aromatic rings. The van der Waals surface area contributed by atoms with E-state index in [4.69, 9.17) is 4.74 Å². The first-order valence-corrected chi connectivity index (χ1v) is 5.25. The van der Waals surface area contributed by atoms with E-state index in [0.29, 0.717) is 12.1 Å². The van der Waals surface area contributed by atoms with Crippen molar-refractivity contribution in [1.82, 2.24) is 5.32 Å². The van der Waals surface area contributed by atoms with Gasteiger partial charge >= 0.3 is 0 Å². The van der Waals surface area contributed by atoms with Gasteiger partial charge in [0.25, 0.3) is 5.91 Å². The van der Waals surface area contributed by atoms with Gasteiger partial charge in [0.05, 0.1) is 0 Å². The third-order valence-electron chi connectivity index (χ3n) is 2.18. The number of carbonyl (C=O) groups is 1. The fourth-order valence-electron chi connectivity index (χ4n) is 1.27. The average Bonchev–Trinajstić information content (AvgIpc) is 2.25. The molecule has 0 spiro atoms. The van der Waals surface area contributed by atoms with Gasteiger partial charge in [-0.25, -0.2) is 4.39 Å². The Morgan fingerprint density at radius 2 is 2.25 bits per heavy atom. The Labute approximate surface area is 94.6 Å². The zero-order valence-corrected chi connectivity index (χ0v) is 9.71. The summed E-state index contributed by atoms with van der Waals surface area (Å²) in [6, 6.07) is 4.86. The predicted molar refractivity (Wildman–Crippen MR) is 59.9 cm³/mol. The molecule has 0 fully saturated rings. The topological polar surface area (TPSA) is 38.3 Å². The number of amides is 1. The summed E-state index contributed by atoms with van der Waals surface area (Å²) in [5.74, 6) is -0.555. The first-order chi connectivity index (χ1) is 7.56. The summed E-state index contributed by atoms with van der Waals surface area (Å²) in [7, 11) is 0. The number of aryl methyl sites for hydroxylation is 1. The van der Waals surface area contributed by atoms with Crippen LogP contribution < -0.4 is 10.1 Å². The fourth-order valence-corrected chi connectivity index (χ4v) is 1.27. The Hall–Kier alpha value is -1.58. The Morgan fingerprint density at radius 3 is 2.88 bits per heavy atom. The molecule has 0 aliphatic carbocycles. The minimum absolute atomic E-state index is 0.110. The van der Waals surface area contributed by atoms with Crippen molar-refractivity contribution >= 4 is 5.91 Å². The Bertz CT molecular complexity index is 379. The number of likely N-dealkylation sites (N-methyl/N-ethyl adjacent to an activating group) is 1. The van der Waals surface area contributed by atoms with Gasteiger partial charge in [0.2, 0.25) is 0 Å². The summed E-state index contributed by atoms with van der Waals surface area (Å²) in [6.07, 6.45) is -0.698. The van der Waals surface area contributed by atoms with E-state index in [1.807, 2.05) is 6.92 Å². The van der Waals surface area contributed by atoms with Gasteiger partial charge in [0.15, 0.2) is 17.7 Å². The summed E-state index contributed by atoms with van der Waals surface area (Å²) >= 11 is 0. The second kappa shape index (κ2) is 5.49. The van der Waals surface area contributed by atoms with E-state index in [0.717, 1.165) is 0 Å². The third kappa shape index (κ3) is 2.95. The van der Waals surface area contributed by atoms with E-state index < -0.39 is 11.9 Å². The molecule has 1 unspecified atom stereocenters. The number of ether oxygens (including phenoxy) is 1. The number of benzene rings is 1. The maximum Gasteiger partial charge on any atom is 0.260 e. The second-order valence-electron chi connectivity index (χ2n) is 3.54. The van der Waals surface area contributed by atoms with E-state index in [-0.39, 0.29) is 11.7 Å². The standard InChI is InChI=1S/C12H16FNO2/c1-4-14-12(15)9(3)16-10-7-5-6-8(2)11(10)13/h5-7,9H,4H2,1-3H3,(H,14,15). The van der Waals surface area contributed by atoms with E-state index >= 15 is 0 Å². The largest absolute Gasteiger partial charge is 0.478 e. The average molecular weight is 225 g/mol. The molecule has 1 amide bonds. The molecule has 88 valence electrons. The minimum atomic E-state index is -0.698. The van der Waals surface area contributed by atoms with Crippen LogP contribution in [0.5, 0.6) is 5.75 Å². The van der Waals surface area contributed by atoms with Gasteiger partial charge in [-0.3, -0.25) is 4.79 Å². The molecule has 0 radical (unpaired) electrons. The lowest BCUT2D eigenvalue weighted by molar-refractivity contribution is -0.127. The number of hydrogen-bond donors (Lipinski definition) is 1. The highest BCUT2D eigenvalue weighted by molar-refractivity contribution is 5.80. The maximum absolute atomic E-state index is 13.6. The zero-order chi connectivity index (χ0) is 12.1. The number of carbonyl (C=O) groups excluding carboxylic acids is 1. The van der Waals surface area contributed by atoms with Crippen LogP contribution in [0.15, 0.2) is 18.2 Å². The molecule has 1 aromatic carbocycles. The van der Waals surface area contributed by atoms with Crippen molar-refractivity contribution in [1.29, 1.82) is 0 Å². The van der Waals surface area contributed by atoms with Crippen LogP contribution in [0.4, 0.5) is 4.39 Å². The summed E-state index contributed by atoms with van der Waals surface area (Å²) in [4.78, 5) is 11.4. The number of halogens is 1. The van der Waals surface area contributed by atoms with Gasteiger partial charge in [0, 0.05) is 6.54 Å². The highest BCUT2D eigenvalue weighted by Crippen LogP contribution is 2.20. The van der Waals surface area contributed by atoms with Crippen molar-refractivity contribution < 1.29 is 13.9 Å². The summed E-state index contributed by atoms with van der Waals surface area (Å²) in [6.45, 7) is 5.59. The lowest BCUT2D eigenvalue weighted by atomic mass is 10.2. The molecule has 0 aromatic heterocycles. The van der Waals surface area contributed by atoms with Crippen LogP contribution in [0.25, 0.3) is 0 Å². The molecule has 16 heavy (non-hydrogen) atoms. The molecule has 0 bridgehead atoms. The summed E-state index contributed by atoms with van der Waals surface area (Å²) in [5.41, 5.74) is 0.501. The SMILES string of the molecule is CCNC(=O)C(C)Oc1cccc(C)c1F. The number of rotatable bonds is 4. The normalized spacial score (nSPS) is 12.0. The third-order valence-corrected chi connectivity index (χ3v) is 2.18. The number of nitrogens with one attached hydrogen (secondary N) is 1. The molecular weight excluding hydrogens is 209 g/mol. The Kier molecular flexibility index (Phi) is 4.28. The first-order valence-electron chi connectivity index (χ1n) is 5.25. The number of hydrogen-bond acceptors (Lipinski definition) is 2. The molecule has 0 heterocycles. The van der Waals surface area contributed by atoms with Crippen LogP contribution in [-0.2, 0) is 4.79 Å². The smallest absolute Gasteiger partial charge is 0.260 e. The molecule has 0 saturated heterocycles. The molecule has 1 rings (SSSR count). The molecule has 0 aliphatic rings. The molecule has 0 saturated carbocycles. The van der Waals surface area contributed by atoms with Crippen molar-refractivity contribution in [3.05, 3.63) is 29.6 Å². The van der Waals surface area contributed by atoms with Crippen molar-refractivity contribution in [3.8, 4) is 5.75 Å². The van der Waals surface area contributed by atoms with Crippen molar-refractivity contribution in [3.63, 3.8) is 0 Å². The maximum atomic E-state index is 13.6. The molecular formula is C12H16FNO2. The Morgan fingerprint density at radius 1 is 1.56 bits per heavy atom. The zero-order valence-electron chi connectivity index (χ0n) is 9.71. The van der Waals surface area contributed by atoms with Crippen molar-refractivity contribution in [2.75, 3.05) is 6.54 Å². The van der Waals surface area contributed by atoms with Gasteiger partial charge in [0.1, 0.15) is 0 Å². The predicted octanol–water partition coefficient (Wildman–Crippen LogP) is 2.04. The molecule has 3 nitrogen and oxygen atoms in total. The molecule has 1 N–H and O–H groups in total. The lowest BCUT2D eigenvalue weighted by Gasteiger charge is -2.15. The Balaban J connectivity index is 2.73. The highest BCUT2D eigenvalue weighted by Gasteiger charge is 2.16. The van der Waals surface area contributed by atoms with Gasteiger partial charge in [-0.05, 0) is 32.4 Å². The first kappa shape index (κ1) is 12.5. The van der Waals surface area contributed by atoms with Gasteiger partial charge in [-0.2, -0.15) is 0 Å². The highest BCUT2D eigenvalue weighted by atomic mass is 19.1. The van der Waals surface area contributed by atoms with E-state index in [9.17, 15) is 9.18 Å². The summed E-state index contributed by atoms with van der Waals surface area (Å²) < 4.78 is 18.8. The van der Waals surface area contributed by atoms with Crippen LogP contribution in [-0.4, -0.2) is 18.6 Å². The van der Waals surface area contributed by atoms with E-state index in [2.05, 4.69) is 5.32 Å². The van der Waals surface area contributed by atoms with Crippen molar-refractivity contribution in [2.24, 2.45) is 0 Å². The van der Waals surface area contributed by atoms with E-state index in [1.54, 1.807) is 26.0 Å².